The molecule has 8 nitrogen and oxygen atoms in total. The van der Waals surface area contributed by atoms with Crippen LogP contribution in [0.2, 0.25) is 0 Å². The zero-order valence-corrected chi connectivity index (χ0v) is 24.9. The average Bonchev–Trinajstić information content (AvgIpc) is 3.66. The first-order valence-electron chi connectivity index (χ1n) is 13.6. The molecule has 4 unspecified atom stereocenters. The summed E-state index contributed by atoms with van der Waals surface area (Å²) in [5, 5.41) is 22.1. The van der Waals surface area contributed by atoms with Crippen LogP contribution in [0.25, 0.3) is 0 Å². The molecule has 1 amide bonds. The Bertz CT molecular complexity index is 1730. The molecule has 9 heteroatoms. The molecule has 4 aromatic rings. The van der Waals surface area contributed by atoms with Gasteiger partial charge in [-0.1, -0.05) is 54.1 Å². The number of nitrogens with zero attached hydrogens (tertiary/aromatic N) is 2. The number of amides is 1. The number of nitriles is 1. The summed E-state index contributed by atoms with van der Waals surface area (Å²) < 4.78 is 11.0. The third kappa shape index (κ3) is 5.04. The van der Waals surface area contributed by atoms with Gasteiger partial charge < -0.3 is 19.5 Å². The maximum atomic E-state index is 14.7. The van der Waals surface area contributed by atoms with E-state index in [4.69, 9.17) is 9.47 Å². The number of carbonyl (C=O) groups is 3. The van der Waals surface area contributed by atoms with Gasteiger partial charge in [0.15, 0.2) is 17.3 Å². The number of hydrogen-bond donors (Lipinski definition) is 1. The van der Waals surface area contributed by atoms with E-state index in [0.29, 0.717) is 38.6 Å². The SMILES string of the molecule is COc1ccc(C2C(C(=O)c3ccc(C#N)cc3)C(c3cccc(C)c3)N(C(=O)c3cccs3)C2(C)C(=O)O)cc1OC. The number of ether oxygens (including phenoxy) is 2. The number of aryl methyl sites for hydroxylation is 1. The summed E-state index contributed by atoms with van der Waals surface area (Å²) in [4.78, 5) is 44.3. The lowest BCUT2D eigenvalue weighted by atomic mass is 9.71. The molecule has 0 saturated carbocycles. The molecule has 1 saturated heterocycles. The van der Waals surface area contributed by atoms with Crippen LogP contribution in [-0.2, 0) is 4.79 Å². The highest BCUT2D eigenvalue weighted by Crippen LogP contribution is 2.57. The van der Waals surface area contributed by atoms with E-state index in [1.54, 1.807) is 60.0 Å². The normalized spacial score (nSPS) is 21.2. The van der Waals surface area contributed by atoms with Crippen LogP contribution in [0, 0.1) is 24.2 Å². The van der Waals surface area contributed by atoms with E-state index in [1.165, 1.54) is 37.4 Å². The molecule has 5 rings (SSSR count). The molecule has 1 aliphatic rings. The van der Waals surface area contributed by atoms with Crippen LogP contribution < -0.4 is 9.47 Å². The highest BCUT2D eigenvalue weighted by Gasteiger charge is 2.65. The van der Waals surface area contributed by atoms with Gasteiger partial charge in [0.1, 0.15) is 5.54 Å². The molecule has 4 atom stereocenters. The summed E-state index contributed by atoms with van der Waals surface area (Å²) in [5.74, 6) is -3.27. The minimum Gasteiger partial charge on any atom is -0.493 e. The van der Waals surface area contributed by atoms with Gasteiger partial charge in [-0.2, -0.15) is 5.26 Å². The van der Waals surface area contributed by atoms with E-state index >= 15 is 0 Å². The van der Waals surface area contributed by atoms with E-state index in [0.717, 1.165) is 5.56 Å². The largest absolute Gasteiger partial charge is 0.493 e. The fourth-order valence-electron chi connectivity index (χ4n) is 6.21. The summed E-state index contributed by atoms with van der Waals surface area (Å²) in [5.41, 5.74) is 0.894. The maximum absolute atomic E-state index is 14.7. The molecule has 1 aliphatic heterocycles. The van der Waals surface area contributed by atoms with Crippen LogP contribution in [0.15, 0.2) is 84.2 Å². The average molecular weight is 595 g/mol. The number of carboxylic acids is 1. The van der Waals surface area contributed by atoms with E-state index in [9.17, 15) is 24.8 Å². The molecule has 3 aromatic carbocycles. The summed E-state index contributed by atoms with van der Waals surface area (Å²) >= 11 is 1.21. The quantitative estimate of drug-likeness (QED) is 0.239. The Labute approximate surface area is 253 Å². The van der Waals surface area contributed by atoms with Gasteiger partial charge in [-0.25, -0.2) is 4.79 Å². The van der Waals surface area contributed by atoms with E-state index in [-0.39, 0.29) is 5.78 Å². The van der Waals surface area contributed by atoms with Crippen molar-refractivity contribution in [2.24, 2.45) is 5.92 Å². The number of rotatable bonds is 8. The third-order valence-corrected chi connectivity index (χ3v) is 9.08. The van der Waals surface area contributed by atoms with Crippen LogP contribution in [0.3, 0.4) is 0 Å². The van der Waals surface area contributed by atoms with Crippen molar-refractivity contribution in [2.45, 2.75) is 31.3 Å². The molecule has 1 fully saturated rings. The first-order chi connectivity index (χ1) is 20.6. The maximum Gasteiger partial charge on any atom is 0.330 e. The Morgan fingerprint density at radius 1 is 0.930 bits per heavy atom. The molecule has 1 N–H and O–H groups in total. The second-order valence-electron chi connectivity index (χ2n) is 10.6. The van der Waals surface area contributed by atoms with Crippen LogP contribution in [-0.4, -0.2) is 47.4 Å². The summed E-state index contributed by atoms with van der Waals surface area (Å²) in [6.45, 7) is 3.42. The Morgan fingerprint density at radius 2 is 1.65 bits per heavy atom. The number of ketones is 1. The Hall–Kier alpha value is -4.94. The number of aliphatic carboxylic acids is 1. The minimum absolute atomic E-state index is 0.310. The van der Waals surface area contributed by atoms with Gasteiger partial charge in [-0.3, -0.25) is 9.59 Å². The molecule has 43 heavy (non-hydrogen) atoms. The Kier molecular flexibility index (Phi) is 8.07. The van der Waals surface area contributed by atoms with Gasteiger partial charge in [0, 0.05) is 11.5 Å². The number of thiophene rings is 1. The van der Waals surface area contributed by atoms with Gasteiger partial charge in [0.25, 0.3) is 5.91 Å². The molecule has 0 radical (unpaired) electrons. The fourth-order valence-corrected chi connectivity index (χ4v) is 6.87. The second-order valence-corrected chi connectivity index (χ2v) is 11.6. The summed E-state index contributed by atoms with van der Waals surface area (Å²) in [6, 6.07) is 23.3. The molecule has 0 bridgehead atoms. The lowest BCUT2D eigenvalue weighted by molar-refractivity contribution is -0.148. The Balaban J connectivity index is 1.84. The van der Waals surface area contributed by atoms with Crippen molar-refractivity contribution < 1.29 is 29.0 Å². The van der Waals surface area contributed by atoms with Gasteiger partial charge >= 0.3 is 5.97 Å². The van der Waals surface area contributed by atoms with E-state index < -0.39 is 35.3 Å². The van der Waals surface area contributed by atoms with Crippen molar-refractivity contribution in [1.29, 1.82) is 5.26 Å². The predicted molar refractivity (Wildman–Crippen MR) is 162 cm³/mol. The molecule has 0 spiro atoms. The topological polar surface area (TPSA) is 117 Å². The third-order valence-electron chi connectivity index (χ3n) is 8.22. The molecule has 1 aromatic heterocycles. The fraction of sp³-hybridized carbons (Fsp3) is 0.235. The molecule has 0 aliphatic carbocycles. The number of Topliss-reactive ketones (excluding diaryl/α,β-unsaturated/α-hetero) is 1. The molecule has 218 valence electrons. The number of benzene rings is 3. The van der Waals surface area contributed by atoms with Crippen molar-refractivity contribution in [1.82, 2.24) is 4.90 Å². The summed E-state index contributed by atoms with van der Waals surface area (Å²) in [6.07, 6.45) is 0. The zero-order chi connectivity index (χ0) is 30.9. The number of carbonyl (C=O) groups excluding carboxylic acids is 2. The lowest BCUT2D eigenvalue weighted by Crippen LogP contribution is -2.54. The Morgan fingerprint density at radius 3 is 2.23 bits per heavy atom. The van der Waals surface area contributed by atoms with Crippen molar-refractivity contribution in [2.75, 3.05) is 14.2 Å². The minimum atomic E-state index is -1.86. The zero-order valence-electron chi connectivity index (χ0n) is 24.1. The number of hydrogen-bond acceptors (Lipinski definition) is 7. The van der Waals surface area contributed by atoms with E-state index in [1.807, 2.05) is 31.2 Å². The smallest absolute Gasteiger partial charge is 0.330 e. The van der Waals surface area contributed by atoms with E-state index in [2.05, 4.69) is 6.07 Å². The first kappa shape index (κ1) is 29.5. The molecule has 2 heterocycles. The first-order valence-corrected chi connectivity index (χ1v) is 14.5. The predicted octanol–water partition coefficient (Wildman–Crippen LogP) is 6.27. The molecular formula is C34H30N2O6S. The van der Waals surface area contributed by atoms with Crippen LogP contribution in [0.5, 0.6) is 11.5 Å². The number of likely N-dealkylation sites (tertiary alicyclic amines) is 1. The number of carboxylic acid groups (broad SMARTS) is 1. The standard InChI is InChI=1S/C34H30N2O6S/c1-20-7-5-8-24(17-20)30-28(31(37)22-12-10-21(19-35)11-13-22)29(23-14-15-25(41-3)26(18-23)42-4)34(2,33(39)40)36(30)32(38)27-9-6-16-43-27/h5-18,28-30H,1-4H3,(H,39,40). The van der Waals surface area contributed by atoms with Crippen LogP contribution in [0.1, 0.15) is 61.2 Å². The number of methoxy groups -OCH3 is 2. The highest BCUT2D eigenvalue weighted by molar-refractivity contribution is 7.12. The lowest BCUT2D eigenvalue weighted by Gasteiger charge is -2.37. The second kappa shape index (κ2) is 11.7. The van der Waals surface area contributed by atoms with Gasteiger partial charge in [-0.05, 0) is 60.7 Å². The monoisotopic (exact) mass is 594 g/mol. The highest BCUT2D eigenvalue weighted by atomic mass is 32.1. The molecular weight excluding hydrogens is 564 g/mol. The van der Waals surface area contributed by atoms with Gasteiger partial charge in [0.2, 0.25) is 0 Å². The van der Waals surface area contributed by atoms with Gasteiger partial charge in [-0.15, -0.1) is 11.3 Å². The van der Waals surface area contributed by atoms with Gasteiger partial charge in [0.05, 0.1) is 42.7 Å². The van der Waals surface area contributed by atoms with Crippen molar-refractivity contribution in [3.8, 4) is 17.6 Å². The van der Waals surface area contributed by atoms with Crippen molar-refractivity contribution in [3.63, 3.8) is 0 Å². The van der Waals surface area contributed by atoms with Crippen molar-refractivity contribution >= 4 is 29.0 Å². The van der Waals surface area contributed by atoms with Crippen LogP contribution in [0.4, 0.5) is 0 Å². The van der Waals surface area contributed by atoms with Crippen molar-refractivity contribution in [3.05, 3.63) is 117 Å². The van der Waals surface area contributed by atoms with Crippen LogP contribution >= 0.6 is 11.3 Å². The summed E-state index contributed by atoms with van der Waals surface area (Å²) in [7, 11) is 2.98.